The summed E-state index contributed by atoms with van der Waals surface area (Å²) in [6.45, 7) is 0.854. The number of rotatable bonds is 1. The normalized spacial score (nSPS) is 11.0. The Bertz CT molecular complexity index is 774. The van der Waals surface area contributed by atoms with E-state index < -0.39 is 7.60 Å². The topological polar surface area (TPSA) is 74.6 Å². The van der Waals surface area contributed by atoms with E-state index in [-0.39, 0.29) is 0 Å². The minimum atomic E-state index is -3.64. The summed E-state index contributed by atoms with van der Waals surface area (Å²) in [5, 5.41) is 4.28. The Hall–Kier alpha value is -2.00. The van der Waals surface area contributed by atoms with Gasteiger partial charge in [0.1, 0.15) is 0 Å². The summed E-state index contributed by atoms with van der Waals surface area (Å²) >= 11 is 0. The van der Waals surface area contributed by atoms with E-state index >= 15 is 0 Å². The van der Waals surface area contributed by atoms with Crippen molar-refractivity contribution in [3.8, 4) is 0 Å². The molecule has 108 valence electrons. The molecule has 4 nitrogen and oxygen atoms in total. The second-order valence-corrected chi connectivity index (χ2v) is 6.36. The molecule has 0 unspecified atom stereocenters. The van der Waals surface area contributed by atoms with Gasteiger partial charge in [-0.25, -0.2) is 0 Å². The van der Waals surface area contributed by atoms with Crippen molar-refractivity contribution in [2.24, 2.45) is 0 Å². The van der Waals surface area contributed by atoms with Crippen LogP contribution in [-0.2, 0) is 4.57 Å². The summed E-state index contributed by atoms with van der Waals surface area (Å²) in [5.74, 6) is 0. The molecule has 0 saturated carbocycles. The van der Waals surface area contributed by atoms with E-state index in [4.69, 9.17) is 9.79 Å². The highest BCUT2D eigenvalue weighted by Gasteiger charge is 2.05. The number of carbonyl (C=O) groups is 1. The fourth-order valence-corrected chi connectivity index (χ4v) is 2.18. The van der Waals surface area contributed by atoms with Crippen LogP contribution in [0.1, 0.15) is 10.4 Å². The summed E-state index contributed by atoms with van der Waals surface area (Å²) in [6, 6.07) is 18.1. The molecule has 21 heavy (non-hydrogen) atoms. The van der Waals surface area contributed by atoms with Gasteiger partial charge in [0.25, 0.3) is 0 Å². The predicted octanol–water partition coefficient (Wildman–Crippen LogP) is 3.60. The van der Waals surface area contributed by atoms with Crippen molar-refractivity contribution in [3.63, 3.8) is 0 Å². The van der Waals surface area contributed by atoms with Gasteiger partial charge >= 0.3 is 7.60 Å². The molecule has 2 N–H and O–H groups in total. The van der Waals surface area contributed by atoms with Gasteiger partial charge in [0.15, 0.2) is 6.29 Å². The SMILES string of the molecule is CP(=O)(O)O.O=Cc1c2ccccc2cc2ccccc12. The van der Waals surface area contributed by atoms with Crippen LogP contribution in [0.5, 0.6) is 0 Å². The van der Waals surface area contributed by atoms with E-state index in [1.54, 1.807) is 0 Å². The fraction of sp³-hybridized carbons (Fsp3) is 0.0625. The number of fused-ring (bicyclic) bond motifs is 2. The first kappa shape index (κ1) is 15.4. The first-order valence-corrected chi connectivity index (χ1v) is 8.35. The number of aldehydes is 1. The average Bonchev–Trinajstić information content (AvgIpc) is 2.43. The smallest absolute Gasteiger partial charge is 0.322 e. The van der Waals surface area contributed by atoms with Crippen LogP contribution >= 0.6 is 7.60 Å². The van der Waals surface area contributed by atoms with Crippen molar-refractivity contribution in [1.29, 1.82) is 0 Å². The third-order valence-corrected chi connectivity index (χ3v) is 2.93. The molecule has 0 aromatic heterocycles. The van der Waals surface area contributed by atoms with Gasteiger partial charge in [0.2, 0.25) is 0 Å². The zero-order chi connectivity index (χ0) is 15.5. The van der Waals surface area contributed by atoms with Crippen LogP contribution in [-0.4, -0.2) is 22.7 Å². The molecule has 0 aliphatic heterocycles. The van der Waals surface area contributed by atoms with Gasteiger partial charge in [-0.2, -0.15) is 0 Å². The maximum atomic E-state index is 11.2. The second-order valence-electron chi connectivity index (χ2n) is 4.69. The summed E-state index contributed by atoms with van der Waals surface area (Å²) in [6.07, 6.45) is 0.949. The van der Waals surface area contributed by atoms with Gasteiger partial charge in [-0.3, -0.25) is 9.36 Å². The Morgan fingerprint density at radius 2 is 1.29 bits per heavy atom. The van der Waals surface area contributed by atoms with E-state index in [0.29, 0.717) is 0 Å². The lowest BCUT2D eigenvalue weighted by Crippen LogP contribution is -1.86. The lowest BCUT2D eigenvalue weighted by molar-refractivity contribution is 0.112. The molecule has 0 saturated heterocycles. The maximum Gasteiger partial charge on any atom is 0.322 e. The molecule has 0 spiro atoms. The monoisotopic (exact) mass is 302 g/mol. The van der Waals surface area contributed by atoms with Gasteiger partial charge in [-0.15, -0.1) is 0 Å². The molecule has 0 amide bonds. The molecule has 0 atom stereocenters. The molecule has 0 bridgehead atoms. The molecule has 3 rings (SSSR count). The molecule has 0 aliphatic rings. The van der Waals surface area contributed by atoms with E-state index in [1.165, 1.54) is 0 Å². The van der Waals surface area contributed by atoms with Crippen molar-refractivity contribution in [2.45, 2.75) is 0 Å². The van der Waals surface area contributed by atoms with Crippen LogP contribution in [0.2, 0.25) is 0 Å². The molecule has 3 aromatic rings. The highest BCUT2D eigenvalue weighted by Crippen LogP contribution is 2.27. The summed E-state index contributed by atoms with van der Waals surface area (Å²) < 4.78 is 9.33. The Kier molecular flexibility index (Phi) is 4.53. The van der Waals surface area contributed by atoms with Crippen molar-refractivity contribution in [1.82, 2.24) is 0 Å². The number of carbonyl (C=O) groups excluding carboxylic acids is 1. The summed E-state index contributed by atoms with van der Waals surface area (Å²) in [4.78, 5) is 26.5. The van der Waals surface area contributed by atoms with Crippen LogP contribution in [0.3, 0.4) is 0 Å². The van der Waals surface area contributed by atoms with E-state index in [2.05, 4.69) is 6.07 Å². The molecule has 5 heteroatoms. The number of hydrogen-bond donors (Lipinski definition) is 2. The van der Waals surface area contributed by atoms with Crippen LogP contribution < -0.4 is 0 Å². The summed E-state index contributed by atoms with van der Waals surface area (Å²) in [7, 11) is -3.64. The van der Waals surface area contributed by atoms with Crippen molar-refractivity contribution >= 4 is 35.4 Å². The minimum Gasteiger partial charge on any atom is -0.325 e. The Labute approximate surface area is 122 Å². The Balaban J connectivity index is 0.000000282. The van der Waals surface area contributed by atoms with Gasteiger partial charge in [-0.1, -0.05) is 48.5 Å². The minimum absolute atomic E-state index is 0.786. The zero-order valence-electron chi connectivity index (χ0n) is 11.4. The third kappa shape index (κ3) is 3.99. The molecule has 3 aromatic carbocycles. The van der Waals surface area contributed by atoms with E-state index in [9.17, 15) is 9.36 Å². The van der Waals surface area contributed by atoms with Gasteiger partial charge in [0, 0.05) is 12.2 Å². The number of hydrogen-bond acceptors (Lipinski definition) is 2. The van der Waals surface area contributed by atoms with Gasteiger partial charge in [-0.05, 0) is 27.6 Å². The lowest BCUT2D eigenvalue weighted by atomic mass is 9.98. The molecular weight excluding hydrogens is 287 g/mol. The Morgan fingerprint density at radius 1 is 0.905 bits per heavy atom. The molecular formula is C16H15O4P. The molecule has 0 heterocycles. The molecule has 0 aliphatic carbocycles. The van der Waals surface area contributed by atoms with Crippen LogP contribution in [0.4, 0.5) is 0 Å². The average molecular weight is 302 g/mol. The molecule has 0 radical (unpaired) electrons. The number of benzene rings is 3. The van der Waals surface area contributed by atoms with Crippen molar-refractivity contribution in [3.05, 3.63) is 60.2 Å². The first-order valence-electron chi connectivity index (χ1n) is 6.29. The van der Waals surface area contributed by atoms with E-state index in [0.717, 1.165) is 40.1 Å². The highest BCUT2D eigenvalue weighted by atomic mass is 31.2. The second kappa shape index (κ2) is 6.19. The first-order chi connectivity index (χ1) is 9.90. The van der Waals surface area contributed by atoms with Crippen LogP contribution in [0.15, 0.2) is 54.6 Å². The van der Waals surface area contributed by atoms with Crippen LogP contribution in [0.25, 0.3) is 21.5 Å². The van der Waals surface area contributed by atoms with Crippen molar-refractivity contribution in [2.75, 3.05) is 6.66 Å². The van der Waals surface area contributed by atoms with Gasteiger partial charge in [0.05, 0.1) is 0 Å². The molecule has 0 fully saturated rings. The maximum absolute atomic E-state index is 11.2. The largest absolute Gasteiger partial charge is 0.325 e. The third-order valence-electron chi connectivity index (χ3n) is 2.93. The standard InChI is InChI=1S/C15H10O.CH5O3P/c16-10-15-13-7-3-1-5-11(13)9-12-6-2-4-8-14(12)15;1-5(2,3)4/h1-10H;1H3,(H2,2,3,4). The van der Waals surface area contributed by atoms with Crippen LogP contribution in [0, 0.1) is 0 Å². The lowest BCUT2D eigenvalue weighted by Gasteiger charge is -2.05. The quantitative estimate of drug-likeness (QED) is 0.409. The summed E-state index contributed by atoms with van der Waals surface area (Å²) in [5.41, 5.74) is 0.786. The fourth-order valence-electron chi connectivity index (χ4n) is 2.18. The highest BCUT2D eigenvalue weighted by molar-refractivity contribution is 7.50. The van der Waals surface area contributed by atoms with Crippen molar-refractivity contribution < 1.29 is 19.1 Å². The van der Waals surface area contributed by atoms with Gasteiger partial charge < -0.3 is 9.79 Å². The Morgan fingerprint density at radius 3 is 1.67 bits per heavy atom. The predicted molar refractivity (Wildman–Crippen MR) is 84.8 cm³/mol. The van der Waals surface area contributed by atoms with E-state index in [1.807, 2.05) is 48.5 Å². The zero-order valence-corrected chi connectivity index (χ0v) is 12.3.